The first-order valence-corrected chi connectivity index (χ1v) is 8.93. The molecule has 7 nitrogen and oxygen atoms in total. The number of benzene rings is 2. The van der Waals surface area contributed by atoms with Crippen LogP contribution in [0.3, 0.4) is 0 Å². The summed E-state index contributed by atoms with van der Waals surface area (Å²) in [6.07, 6.45) is 1.49. The van der Waals surface area contributed by atoms with Gasteiger partial charge in [0.1, 0.15) is 11.5 Å². The summed E-state index contributed by atoms with van der Waals surface area (Å²) in [5.41, 5.74) is 1.45. The Kier molecular flexibility index (Phi) is 4.62. The van der Waals surface area contributed by atoms with Gasteiger partial charge in [0, 0.05) is 33.8 Å². The normalized spacial score (nSPS) is 14.8. The van der Waals surface area contributed by atoms with Crippen LogP contribution in [0.5, 0.6) is 0 Å². The predicted molar refractivity (Wildman–Crippen MR) is 106 cm³/mol. The van der Waals surface area contributed by atoms with E-state index < -0.39 is 10.9 Å². The van der Waals surface area contributed by atoms with Crippen LogP contribution in [0.2, 0.25) is 0 Å². The Bertz CT molecular complexity index is 1150. The average Bonchev–Trinajstić information content (AvgIpc) is 3.30. The van der Waals surface area contributed by atoms with Crippen LogP contribution < -0.4 is 0 Å². The molecule has 8 heteroatoms. The number of nitrogens with zero attached hydrogens (tertiary/aromatic N) is 2. The van der Waals surface area contributed by atoms with Crippen LogP contribution in [0.25, 0.3) is 17.4 Å². The molecular formula is C20H11BrN2O5. The maximum absolute atomic E-state index is 12.1. The summed E-state index contributed by atoms with van der Waals surface area (Å²) in [7, 11) is 0. The first-order valence-electron chi connectivity index (χ1n) is 8.13. The van der Waals surface area contributed by atoms with Gasteiger partial charge in [0.05, 0.1) is 4.92 Å². The number of carbonyl (C=O) groups is 1. The van der Waals surface area contributed by atoms with Crippen molar-refractivity contribution in [2.24, 2.45) is 4.99 Å². The maximum atomic E-state index is 12.1. The van der Waals surface area contributed by atoms with Gasteiger partial charge in [0.25, 0.3) is 5.69 Å². The Morgan fingerprint density at radius 3 is 2.57 bits per heavy atom. The van der Waals surface area contributed by atoms with E-state index >= 15 is 0 Å². The number of nitro benzene ring substituents is 1. The lowest BCUT2D eigenvalue weighted by atomic mass is 10.1. The Hall–Kier alpha value is -3.52. The third-order valence-corrected chi connectivity index (χ3v) is 4.63. The number of rotatable bonds is 4. The van der Waals surface area contributed by atoms with Gasteiger partial charge in [-0.25, -0.2) is 9.79 Å². The smallest absolute Gasteiger partial charge is 0.363 e. The summed E-state index contributed by atoms with van der Waals surface area (Å²) in [6.45, 7) is 0. The van der Waals surface area contributed by atoms with Crippen molar-refractivity contribution in [1.82, 2.24) is 0 Å². The van der Waals surface area contributed by atoms with Crippen molar-refractivity contribution < 1.29 is 18.9 Å². The molecule has 0 unspecified atom stereocenters. The molecule has 1 aliphatic rings. The number of halogens is 1. The van der Waals surface area contributed by atoms with E-state index in [1.807, 2.05) is 18.2 Å². The molecule has 1 aliphatic heterocycles. The van der Waals surface area contributed by atoms with E-state index in [1.165, 1.54) is 18.2 Å². The predicted octanol–water partition coefficient (Wildman–Crippen LogP) is 4.96. The second kappa shape index (κ2) is 7.24. The minimum atomic E-state index is -0.562. The summed E-state index contributed by atoms with van der Waals surface area (Å²) in [6, 6.07) is 16.9. The number of nitro groups is 1. The van der Waals surface area contributed by atoms with Gasteiger partial charge in [0.15, 0.2) is 5.70 Å². The molecule has 0 bridgehead atoms. The average molecular weight is 439 g/mol. The zero-order chi connectivity index (χ0) is 19.7. The molecule has 0 saturated heterocycles. The van der Waals surface area contributed by atoms with E-state index in [0.717, 1.165) is 0 Å². The number of hydrogen-bond acceptors (Lipinski definition) is 6. The Morgan fingerprint density at radius 1 is 1.07 bits per heavy atom. The first kappa shape index (κ1) is 17.9. The number of cyclic esters (lactones) is 1. The van der Waals surface area contributed by atoms with Crippen molar-refractivity contribution in [3.05, 3.63) is 92.3 Å². The highest BCUT2D eigenvalue weighted by molar-refractivity contribution is 9.10. The fraction of sp³-hybridized carbons (Fsp3) is 0. The van der Waals surface area contributed by atoms with E-state index in [2.05, 4.69) is 20.9 Å². The molecule has 0 N–H and O–H groups in total. The molecule has 0 amide bonds. The summed E-state index contributed by atoms with van der Waals surface area (Å²) < 4.78 is 11.5. The van der Waals surface area contributed by atoms with Gasteiger partial charge in [0.2, 0.25) is 5.90 Å². The van der Waals surface area contributed by atoms with Crippen molar-refractivity contribution in [2.75, 3.05) is 0 Å². The molecule has 0 spiro atoms. The monoisotopic (exact) mass is 438 g/mol. The fourth-order valence-corrected chi connectivity index (χ4v) is 3.20. The molecule has 1 aromatic heterocycles. The van der Waals surface area contributed by atoms with Gasteiger partial charge < -0.3 is 9.15 Å². The van der Waals surface area contributed by atoms with Gasteiger partial charge >= 0.3 is 5.97 Å². The number of non-ortho nitro benzene ring substituents is 1. The number of esters is 1. The van der Waals surface area contributed by atoms with Crippen molar-refractivity contribution >= 4 is 39.6 Å². The highest BCUT2D eigenvalue weighted by Gasteiger charge is 2.24. The van der Waals surface area contributed by atoms with Crippen LogP contribution in [0.15, 0.2) is 80.2 Å². The van der Waals surface area contributed by atoms with Gasteiger partial charge in [-0.3, -0.25) is 10.1 Å². The molecule has 2 aromatic carbocycles. The Morgan fingerprint density at radius 2 is 1.86 bits per heavy atom. The summed E-state index contributed by atoms with van der Waals surface area (Å²) in [4.78, 5) is 26.7. The van der Waals surface area contributed by atoms with E-state index in [9.17, 15) is 14.9 Å². The standard InChI is InChI=1S/C20H11BrN2O5/c21-16-10-13(23(25)26)6-8-15(16)18-9-7-14(27-18)11-17-20(24)28-19(22-17)12-4-2-1-3-5-12/h1-11H. The molecule has 0 atom stereocenters. The van der Waals surface area contributed by atoms with Crippen LogP contribution in [-0.2, 0) is 9.53 Å². The number of aliphatic imine (C=N–C) groups is 1. The maximum Gasteiger partial charge on any atom is 0.363 e. The molecule has 28 heavy (non-hydrogen) atoms. The molecule has 0 saturated carbocycles. The van der Waals surface area contributed by atoms with Gasteiger partial charge in [-0.05, 0) is 46.3 Å². The Balaban J connectivity index is 1.62. The van der Waals surface area contributed by atoms with Crippen molar-refractivity contribution in [1.29, 1.82) is 0 Å². The third-order valence-electron chi connectivity index (χ3n) is 3.98. The fourth-order valence-electron chi connectivity index (χ4n) is 2.64. The van der Waals surface area contributed by atoms with E-state index in [0.29, 0.717) is 27.1 Å². The lowest BCUT2D eigenvalue weighted by Crippen LogP contribution is -2.04. The Labute approximate surface area is 167 Å². The number of hydrogen-bond donors (Lipinski definition) is 0. The van der Waals surface area contributed by atoms with Gasteiger partial charge in [-0.2, -0.15) is 0 Å². The molecule has 0 radical (unpaired) electrons. The highest BCUT2D eigenvalue weighted by Crippen LogP contribution is 2.33. The van der Waals surface area contributed by atoms with Crippen LogP contribution in [0.1, 0.15) is 11.3 Å². The second-order valence-electron chi connectivity index (χ2n) is 5.83. The second-order valence-corrected chi connectivity index (χ2v) is 6.68. The van der Waals surface area contributed by atoms with E-state index in [-0.39, 0.29) is 17.3 Å². The van der Waals surface area contributed by atoms with Crippen molar-refractivity contribution in [2.45, 2.75) is 0 Å². The summed E-state index contributed by atoms with van der Waals surface area (Å²) in [5.74, 6) is 0.576. The summed E-state index contributed by atoms with van der Waals surface area (Å²) in [5, 5.41) is 10.9. The quantitative estimate of drug-likeness (QED) is 0.248. The van der Waals surface area contributed by atoms with Gasteiger partial charge in [-0.1, -0.05) is 18.2 Å². The number of furan rings is 1. The molecule has 0 aliphatic carbocycles. The van der Waals surface area contributed by atoms with Gasteiger partial charge in [-0.15, -0.1) is 0 Å². The molecule has 2 heterocycles. The minimum Gasteiger partial charge on any atom is -0.457 e. The van der Waals surface area contributed by atoms with Crippen LogP contribution in [0, 0.1) is 10.1 Å². The summed E-state index contributed by atoms with van der Waals surface area (Å²) >= 11 is 3.32. The molecule has 3 aromatic rings. The zero-order valence-electron chi connectivity index (χ0n) is 14.2. The number of ether oxygens (including phenoxy) is 1. The number of carbonyl (C=O) groups excluding carboxylic acids is 1. The zero-order valence-corrected chi connectivity index (χ0v) is 15.8. The topological polar surface area (TPSA) is 94.9 Å². The van der Waals surface area contributed by atoms with Crippen molar-refractivity contribution in [3.8, 4) is 11.3 Å². The molecule has 138 valence electrons. The lowest BCUT2D eigenvalue weighted by Gasteiger charge is -2.00. The molecule has 4 rings (SSSR count). The minimum absolute atomic E-state index is 0.0268. The molecular weight excluding hydrogens is 428 g/mol. The SMILES string of the molecule is O=C1OC(c2ccccc2)=NC1=Cc1ccc(-c2ccc([N+](=O)[O-])cc2Br)o1. The van der Waals surface area contributed by atoms with Crippen LogP contribution in [-0.4, -0.2) is 16.8 Å². The van der Waals surface area contributed by atoms with E-state index in [1.54, 1.807) is 30.3 Å². The van der Waals surface area contributed by atoms with Crippen molar-refractivity contribution in [3.63, 3.8) is 0 Å². The molecule has 0 fully saturated rings. The van der Waals surface area contributed by atoms with Crippen LogP contribution >= 0.6 is 15.9 Å². The largest absolute Gasteiger partial charge is 0.457 e. The van der Waals surface area contributed by atoms with E-state index in [4.69, 9.17) is 9.15 Å². The third kappa shape index (κ3) is 3.49. The highest BCUT2D eigenvalue weighted by atomic mass is 79.9. The first-order chi connectivity index (χ1) is 13.5. The van der Waals surface area contributed by atoms with Crippen LogP contribution in [0.4, 0.5) is 5.69 Å². The lowest BCUT2D eigenvalue weighted by molar-refractivity contribution is -0.384.